The van der Waals surface area contributed by atoms with E-state index in [0.717, 1.165) is 5.56 Å². The molecule has 2 amide bonds. The van der Waals surface area contributed by atoms with E-state index in [2.05, 4.69) is 10.6 Å². The first-order chi connectivity index (χ1) is 14.5. The summed E-state index contributed by atoms with van der Waals surface area (Å²) in [5.74, 6) is -1.59. The molecule has 1 fully saturated rings. The van der Waals surface area contributed by atoms with Crippen molar-refractivity contribution in [3.8, 4) is 0 Å². The Labute approximate surface area is 176 Å². The van der Waals surface area contributed by atoms with Crippen molar-refractivity contribution in [2.75, 3.05) is 26.2 Å². The number of sulfonamides is 1. The van der Waals surface area contributed by atoms with Gasteiger partial charge in [-0.2, -0.15) is 4.31 Å². The first-order valence-electron chi connectivity index (χ1n) is 9.77. The van der Waals surface area contributed by atoms with Crippen molar-refractivity contribution in [1.82, 2.24) is 14.9 Å². The maximum Gasteiger partial charge on any atom is 0.309 e. The van der Waals surface area contributed by atoms with Gasteiger partial charge in [0.05, 0.1) is 18.0 Å². The van der Waals surface area contributed by atoms with Gasteiger partial charge in [-0.05, 0) is 30.5 Å². The Kier molecular flexibility index (Phi) is 7.56. The third kappa shape index (κ3) is 5.65. The van der Waals surface area contributed by atoms with Crippen LogP contribution in [0.4, 0.5) is 0 Å². The number of carbonyl (C=O) groups excluding carboxylic acids is 2. The van der Waals surface area contributed by atoms with Gasteiger partial charge in [-0.15, -0.1) is 0 Å². The molecule has 1 saturated heterocycles. The molecule has 0 aromatic heterocycles. The number of amides is 2. The van der Waals surface area contributed by atoms with Crippen LogP contribution in [-0.4, -0.2) is 57.0 Å². The molecule has 3 rings (SSSR count). The van der Waals surface area contributed by atoms with Gasteiger partial charge >= 0.3 is 11.8 Å². The Morgan fingerprint density at radius 3 is 2.30 bits per heavy atom. The van der Waals surface area contributed by atoms with Crippen LogP contribution in [0.1, 0.15) is 12.0 Å². The van der Waals surface area contributed by atoms with Crippen molar-refractivity contribution < 1.29 is 22.7 Å². The Morgan fingerprint density at radius 1 is 0.967 bits per heavy atom. The van der Waals surface area contributed by atoms with E-state index in [-0.39, 0.29) is 18.0 Å². The van der Waals surface area contributed by atoms with Crippen LogP contribution in [0.15, 0.2) is 65.6 Å². The standard InChI is InChI=1S/C21H25N3O5S/c25-20(22-13-12-17-8-3-1-4-9-17)21(26)23-16-19-24(14-7-15-29-19)30(27,28)18-10-5-2-6-11-18/h1-6,8-11,19H,7,12-16H2,(H,22,25)(H,23,26)/t19-/m1/s1. The van der Waals surface area contributed by atoms with Crippen LogP contribution in [0.5, 0.6) is 0 Å². The first kappa shape index (κ1) is 21.9. The quantitative estimate of drug-likeness (QED) is 0.634. The van der Waals surface area contributed by atoms with E-state index in [9.17, 15) is 18.0 Å². The van der Waals surface area contributed by atoms with Crippen molar-refractivity contribution in [2.24, 2.45) is 0 Å². The van der Waals surface area contributed by atoms with E-state index in [1.54, 1.807) is 18.2 Å². The molecule has 0 radical (unpaired) electrons. The van der Waals surface area contributed by atoms with Crippen LogP contribution in [0.3, 0.4) is 0 Å². The molecule has 0 bridgehead atoms. The van der Waals surface area contributed by atoms with E-state index in [1.165, 1.54) is 16.4 Å². The maximum absolute atomic E-state index is 12.9. The predicted octanol–water partition coefficient (Wildman–Crippen LogP) is 0.899. The molecule has 1 atom stereocenters. The van der Waals surface area contributed by atoms with Crippen LogP contribution in [-0.2, 0) is 30.8 Å². The molecule has 0 saturated carbocycles. The highest BCUT2D eigenvalue weighted by atomic mass is 32.2. The number of carbonyl (C=O) groups is 2. The minimum atomic E-state index is -3.77. The van der Waals surface area contributed by atoms with Gasteiger partial charge < -0.3 is 15.4 Å². The Hall–Kier alpha value is -2.75. The van der Waals surface area contributed by atoms with Gasteiger partial charge in [0.2, 0.25) is 10.0 Å². The van der Waals surface area contributed by atoms with E-state index in [0.29, 0.717) is 26.0 Å². The van der Waals surface area contributed by atoms with Crippen LogP contribution < -0.4 is 10.6 Å². The lowest BCUT2D eigenvalue weighted by atomic mass is 10.1. The molecule has 9 heteroatoms. The molecule has 30 heavy (non-hydrogen) atoms. The van der Waals surface area contributed by atoms with Crippen molar-refractivity contribution >= 4 is 21.8 Å². The summed E-state index contributed by atoms with van der Waals surface area (Å²) in [7, 11) is -3.77. The molecule has 2 N–H and O–H groups in total. The fourth-order valence-electron chi connectivity index (χ4n) is 3.14. The van der Waals surface area contributed by atoms with Crippen LogP contribution in [0.2, 0.25) is 0 Å². The van der Waals surface area contributed by atoms with E-state index < -0.39 is 28.1 Å². The van der Waals surface area contributed by atoms with Gasteiger partial charge in [0, 0.05) is 13.1 Å². The summed E-state index contributed by atoms with van der Waals surface area (Å²) >= 11 is 0. The molecule has 8 nitrogen and oxygen atoms in total. The summed E-state index contributed by atoms with van der Waals surface area (Å²) in [4.78, 5) is 24.3. The summed E-state index contributed by atoms with van der Waals surface area (Å²) in [6, 6.07) is 17.7. The predicted molar refractivity (Wildman–Crippen MR) is 111 cm³/mol. The number of ether oxygens (including phenoxy) is 1. The van der Waals surface area contributed by atoms with Gasteiger partial charge in [-0.1, -0.05) is 48.5 Å². The molecule has 1 heterocycles. The lowest BCUT2D eigenvalue weighted by molar-refractivity contribution is -0.140. The zero-order valence-electron chi connectivity index (χ0n) is 16.5. The molecule has 2 aromatic rings. The zero-order chi connectivity index (χ0) is 21.4. The molecule has 0 unspecified atom stereocenters. The molecule has 1 aliphatic rings. The first-order valence-corrected chi connectivity index (χ1v) is 11.2. The minimum Gasteiger partial charge on any atom is -0.360 e. The van der Waals surface area contributed by atoms with Gasteiger partial charge in [-0.25, -0.2) is 8.42 Å². The maximum atomic E-state index is 12.9. The lowest BCUT2D eigenvalue weighted by Gasteiger charge is -2.34. The number of nitrogens with zero attached hydrogens (tertiary/aromatic N) is 1. The van der Waals surface area contributed by atoms with E-state index in [4.69, 9.17) is 4.74 Å². The summed E-state index contributed by atoms with van der Waals surface area (Å²) in [6.45, 7) is 0.868. The smallest absolute Gasteiger partial charge is 0.309 e. The highest BCUT2D eigenvalue weighted by molar-refractivity contribution is 7.89. The average Bonchev–Trinajstić information content (AvgIpc) is 2.79. The Bertz CT molecular complexity index is 951. The molecule has 1 aliphatic heterocycles. The van der Waals surface area contributed by atoms with Crippen LogP contribution in [0.25, 0.3) is 0 Å². The second-order valence-electron chi connectivity index (χ2n) is 6.81. The number of hydrogen-bond donors (Lipinski definition) is 2. The fourth-order valence-corrected chi connectivity index (χ4v) is 4.72. The van der Waals surface area contributed by atoms with Gasteiger partial charge in [0.1, 0.15) is 6.23 Å². The Balaban J connectivity index is 1.52. The van der Waals surface area contributed by atoms with Gasteiger partial charge in [0.15, 0.2) is 0 Å². The molecular weight excluding hydrogens is 406 g/mol. The summed E-state index contributed by atoms with van der Waals surface area (Å²) < 4.78 is 32.6. The summed E-state index contributed by atoms with van der Waals surface area (Å²) in [5, 5.41) is 5.03. The van der Waals surface area contributed by atoms with Gasteiger partial charge in [0.25, 0.3) is 0 Å². The third-order valence-corrected chi connectivity index (χ3v) is 6.59. The zero-order valence-corrected chi connectivity index (χ0v) is 17.3. The number of hydrogen-bond acceptors (Lipinski definition) is 5. The molecule has 160 valence electrons. The van der Waals surface area contributed by atoms with E-state index in [1.807, 2.05) is 30.3 Å². The average molecular weight is 432 g/mol. The number of nitrogens with one attached hydrogen (secondary N) is 2. The van der Waals surface area contributed by atoms with Crippen molar-refractivity contribution in [1.29, 1.82) is 0 Å². The van der Waals surface area contributed by atoms with Gasteiger partial charge in [-0.3, -0.25) is 9.59 Å². The van der Waals surface area contributed by atoms with Crippen molar-refractivity contribution in [3.63, 3.8) is 0 Å². The third-order valence-electron chi connectivity index (χ3n) is 4.69. The minimum absolute atomic E-state index is 0.114. The van der Waals surface area contributed by atoms with Crippen LogP contribution in [0, 0.1) is 0 Å². The molecule has 0 aliphatic carbocycles. The highest BCUT2D eigenvalue weighted by Crippen LogP contribution is 2.21. The van der Waals surface area contributed by atoms with Crippen molar-refractivity contribution in [3.05, 3.63) is 66.2 Å². The van der Waals surface area contributed by atoms with Crippen LogP contribution >= 0.6 is 0 Å². The molecule has 2 aromatic carbocycles. The largest absolute Gasteiger partial charge is 0.360 e. The number of benzene rings is 2. The fraction of sp³-hybridized carbons (Fsp3) is 0.333. The monoisotopic (exact) mass is 431 g/mol. The summed E-state index contributed by atoms with van der Waals surface area (Å²) in [6.07, 6.45) is 0.288. The number of rotatable bonds is 7. The Morgan fingerprint density at radius 2 is 1.60 bits per heavy atom. The molecular formula is C21H25N3O5S. The van der Waals surface area contributed by atoms with E-state index >= 15 is 0 Å². The second-order valence-corrected chi connectivity index (χ2v) is 8.70. The highest BCUT2D eigenvalue weighted by Gasteiger charge is 2.34. The van der Waals surface area contributed by atoms with Crippen molar-refractivity contribution in [2.45, 2.75) is 24.0 Å². The topological polar surface area (TPSA) is 105 Å². The SMILES string of the molecule is O=C(NCCc1ccccc1)C(=O)NC[C@H]1OCCCN1S(=O)(=O)c1ccccc1. The molecule has 0 spiro atoms. The second kappa shape index (κ2) is 10.3. The normalized spacial score (nSPS) is 17.3. The summed E-state index contributed by atoms with van der Waals surface area (Å²) in [5.41, 5.74) is 1.05. The lowest BCUT2D eigenvalue weighted by Crippen LogP contribution is -2.53.